The Balaban J connectivity index is 2.23. The molecule has 1 amide bonds. The van der Waals surface area contributed by atoms with Gasteiger partial charge in [-0.15, -0.1) is 0 Å². The summed E-state index contributed by atoms with van der Waals surface area (Å²) >= 11 is 0. The Kier molecular flexibility index (Phi) is 5.38. The Labute approximate surface area is 169 Å². The average Bonchev–Trinajstić information content (AvgIpc) is 2.65. The molecule has 29 heavy (non-hydrogen) atoms. The first-order valence-electron chi connectivity index (χ1n) is 8.88. The molecule has 2 unspecified atom stereocenters. The summed E-state index contributed by atoms with van der Waals surface area (Å²) in [6.07, 6.45) is -0.230. The lowest BCUT2D eigenvalue weighted by atomic mass is 9.86. The van der Waals surface area contributed by atoms with E-state index >= 15 is 0 Å². The number of guanidine groups is 1. The second kappa shape index (κ2) is 7.49. The fraction of sp³-hybridized carbons (Fsp3) is 0.300. The SMILES string of the molecule is COc1cc(-c2ccccc2)cc(C(C2(C)CC(=O)N(C)C(N)=N2)S(=O)(=O)O)c1. The number of hydrogen-bond acceptors (Lipinski definition) is 6. The van der Waals surface area contributed by atoms with Crippen LogP contribution in [0.25, 0.3) is 11.1 Å². The molecule has 9 heteroatoms. The highest BCUT2D eigenvalue weighted by atomic mass is 32.2. The molecule has 3 rings (SSSR count). The van der Waals surface area contributed by atoms with E-state index in [2.05, 4.69) is 4.99 Å². The van der Waals surface area contributed by atoms with E-state index in [4.69, 9.17) is 10.5 Å². The summed E-state index contributed by atoms with van der Waals surface area (Å²) in [7, 11) is -1.73. The molecule has 2 aromatic carbocycles. The number of nitrogens with zero attached hydrogens (tertiary/aromatic N) is 2. The monoisotopic (exact) mass is 417 g/mol. The Morgan fingerprint density at radius 1 is 1.21 bits per heavy atom. The first-order valence-corrected chi connectivity index (χ1v) is 10.4. The van der Waals surface area contributed by atoms with Crippen LogP contribution in [0.1, 0.15) is 24.2 Å². The van der Waals surface area contributed by atoms with Crippen molar-refractivity contribution in [3.05, 3.63) is 54.1 Å². The van der Waals surface area contributed by atoms with E-state index in [9.17, 15) is 17.8 Å². The molecule has 8 nitrogen and oxygen atoms in total. The van der Waals surface area contributed by atoms with E-state index in [0.717, 1.165) is 10.5 Å². The predicted octanol–water partition coefficient (Wildman–Crippen LogP) is 2.23. The highest BCUT2D eigenvalue weighted by molar-refractivity contribution is 7.86. The molecule has 0 spiro atoms. The van der Waals surface area contributed by atoms with Gasteiger partial charge in [0.1, 0.15) is 11.0 Å². The number of rotatable bonds is 5. The molecule has 2 aromatic rings. The van der Waals surface area contributed by atoms with E-state index in [0.29, 0.717) is 11.3 Å². The van der Waals surface area contributed by atoms with Crippen LogP contribution in [0, 0.1) is 0 Å². The summed E-state index contributed by atoms with van der Waals surface area (Å²) in [5.41, 5.74) is 6.15. The minimum Gasteiger partial charge on any atom is -0.497 e. The third-order valence-corrected chi connectivity index (χ3v) is 6.41. The lowest BCUT2D eigenvalue weighted by Gasteiger charge is -2.37. The number of hydrogen-bond donors (Lipinski definition) is 2. The van der Waals surface area contributed by atoms with Gasteiger partial charge in [0, 0.05) is 7.05 Å². The number of nitrogens with two attached hydrogens (primary N) is 1. The van der Waals surface area contributed by atoms with Crippen LogP contribution in [0.4, 0.5) is 0 Å². The van der Waals surface area contributed by atoms with E-state index in [1.54, 1.807) is 12.1 Å². The van der Waals surface area contributed by atoms with Gasteiger partial charge in [-0.3, -0.25) is 14.2 Å². The molecule has 0 bridgehead atoms. The Morgan fingerprint density at radius 2 is 1.86 bits per heavy atom. The number of benzene rings is 2. The van der Waals surface area contributed by atoms with E-state index in [1.807, 2.05) is 30.3 Å². The molecule has 0 aromatic heterocycles. The molecule has 0 radical (unpaired) electrons. The lowest BCUT2D eigenvalue weighted by molar-refractivity contribution is -0.128. The van der Waals surface area contributed by atoms with Gasteiger partial charge in [-0.2, -0.15) is 8.42 Å². The van der Waals surface area contributed by atoms with Crippen molar-refractivity contribution in [3.8, 4) is 16.9 Å². The van der Waals surface area contributed by atoms with Gasteiger partial charge >= 0.3 is 0 Å². The van der Waals surface area contributed by atoms with Gasteiger partial charge in [0.25, 0.3) is 10.1 Å². The predicted molar refractivity (Wildman–Crippen MR) is 110 cm³/mol. The largest absolute Gasteiger partial charge is 0.497 e. The summed E-state index contributed by atoms with van der Waals surface area (Å²) < 4.78 is 40.4. The summed E-state index contributed by atoms with van der Waals surface area (Å²) in [6, 6.07) is 14.3. The van der Waals surface area contributed by atoms with E-state index < -0.39 is 20.9 Å². The van der Waals surface area contributed by atoms with Gasteiger partial charge in [0.2, 0.25) is 5.91 Å². The minimum atomic E-state index is -4.65. The summed E-state index contributed by atoms with van der Waals surface area (Å²) in [5, 5.41) is -1.51. The van der Waals surface area contributed by atoms with Gasteiger partial charge in [0.15, 0.2) is 5.96 Å². The molecule has 0 fully saturated rings. The normalized spacial score (nSPS) is 20.9. The molecule has 0 aliphatic carbocycles. The zero-order valence-electron chi connectivity index (χ0n) is 16.4. The standard InChI is InChI=1S/C20H23N3O5S/c1-20(12-17(24)23(2)19(21)22-20)18(29(25,26)27)15-9-14(10-16(11-15)28-3)13-7-5-4-6-8-13/h4-11,18H,12H2,1-3H3,(H2,21,22)(H,25,26,27). The van der Waals surface area contributed by atoms with Gasteiger partial charge in [-0.1, -0.05) is 30.3 Å². The number of carbonyl (C=O) groups is 1. The Hall–Kier alpha value is -2.91. The van der Waals surface area contributed by atoms with E-state index in [-0.39, 0.29) is 23.9 Å². The molecule has 0 saturated carbocycles. The lowest BCUT2D eigenvalue weighted by Crippen LogP contribution is -2.51. The first-order chi connectivity index (χ1) is 13.5. The zero-order valence-corrected chi connectivity index (χ0v) is 17.2. The van der Waals surface area contributed by atoms with E-state index in [1.165, 1.54) is 27.1 Å². The van der Waals surface area contributed by atoms with Crippen LogP contribution < -0.4 is 10.5 Å². The van der Waals surface area contributed by atoms with Crippen molar-refractivity contribution in [1.29, 1.82) is 0 Å². The molecule has 1 aliphatic heterocycles. The summed E-state index contributed by atoms with van der Waals surface area (Å²) in [5.74, 6) is -0.0850. The number of methoxy groups -OCH3 is 1. The highest BCUT2D eigenvalue weighted by Crippen LogP contribution is 2.42. The maximum absolute atomic E-state index is 12.5. The maximum Gasteiger partial charge on any atom is 0.274 e. The first kappa shape index (κ1) is 20.8. The van der Waals surface area contributed by atoms with Crippen LogP contribution >= 0.6 is 0 Å². The Morgan fingerprint density at radius 3 is 2.41 bits per heavy atom. The van der Waals surface area contributed by atoms with Crippen molar-refractivity contribution in [2.24, 2.45) is 10.7 Å². The molecular formula is C20H23N3O5S. The fourth-order valence-electron chi connectivity index (χ4n) is 3.62. The van der Waals surface area contributed by atoms with Gasteiger partial charge in [-0.25, -0.2) is 4.99 Å². The third kappa shape index (κ3) is 4.10. The van der Waals surface area contributed by atoms with Crippen LogP contribution in [0.3, 0.4) is 0 Å². The van der Waals surface area contributed by atoms with Gasteiger partial charge in [0.05, 0.1) is 19.1 Å². The maximum atomic E-state index is 12.5. The van der Waals surface area contributed by atoms with Gasteiger partial charge < -0.3 is 10.5 Å². The molecule has 1 heterocycles. The molecule has 3 N–H and O–H groups in total. The number of amides is 1. The molecular weight excluding hydrogens is 394 g/mol. The Bertz CT molecular complexity index is 1070. The number of carbonyl (C=O) groups excluding carboxylic acids is 1. The smallest absolute Gasteiger partial charge is 0.274 e. The number of aliphatic imine (C=N–C) groups is 1. The minimum absolute atomic E-state index is 0.108. The van der Waals surface area contributed by atoms with Crippen molar-refractivity contribution in [3.63, 3.8) is 0 Å². The fourth-order valence-corrected chi connectivity index (χ4v) is 4.88. The van der Waals surface area contributed by atoms with Crippen LogP contribution in [0.5, 0.6) is 5.75 Å². The van der Waals surface area contributed by atoms with Crippen molar-refractivity contribution < 1.29 is 22.5 Å². The van der Waals surface area contributed by atoms with Crippen molar-refractivity contribution in [2.75, 3.05) is 14.2 Å². The second-order valence-corrected chi connectivity index (χ2v) is 8.71. The average molecular weight is 417 g/mol. The van der Waals surface area contributed by atoms with Crippen LogP contribution in [-0.2, 0) is 14.9 Å². The van der Waals surface area contributed by atoms with Gasteiger partial charge in [-0.05, 0) is 41.8 Å². The second-order valence-electron chi connectivity index (χ2n) is 7.21. The topological polar surface area (TPSA) is 122 Å². The molecule has 2 atom stereocenters. The quantitative estimate of drug-likeness (QED) is 0.720. The van der Waals surface area contributed by atoms with Crippen LogP contribution in [0.15, 0.2) is 53.5 Å². The highest BCUT2D eigenvalue weighted by Gasteiger charge is 2.48. The third-order valence-electron chi connectivity index (χ3n) is 5.03. The summed E-state index contributed by atoms with van der Waals surface area (Å²) in [6.45, 7) is 1.49. The number of ether oxygens (including phenoxy) is 1. The molecule has 154 valence electrons. The van der Waals surface area contributed by atoms with Crippen molar-refractivity contribution >= 4 is 22.0 Å². The van der Waals surface area contributed by atoms with Crippen LogP contribution in [0.2, 0.25) is 0 Å². The van der Waals surface area contributed by atoms with Crippen molar-refractivity contribution in [2.45, 2.75) is 24.1 Å². The van der Waals surface area contributed by atoms with Crippen molar-refractivity contribution in [1.82, 2.24) is 4.90 Å². The van der Waals surface area contributed by atoms with Crippen LogP contribution in [-0.4, -0.2) is 49.4 Å². The molecule has 0 saturated heterocycles. The summed E-state index contributed by atoms with van der Waals surface area (Å²) in [4.78, 5) is 17.8. The molecule has 1 aliphatic rings. The zero-order chi connectivity index (χ0) is 21.4.